The van der Waals surface area contributed by atoms with Crippen LogP contribution in [0.25, 0.3) is 11.1 Å². The van der Waals surface area contributed by atoms with E-state index in [2.05, 4.69) is 15.8 Å². The normalized spacial score (nSPS) is 13.2. The number of carbonyl (C=O) groups is 2. The summed E-state index contributed by atoms with van der Waals surface area (Å²) in [6.07, 6.45) is 3.85. The molecular formula is C22H21N3O3. The predicted octanol–water partition coefficient (Wildman–Crippen LogP) is 4.04. The van der Waals surface area contributed by atoms with Crippen molar-refractivity contribution in [2.24, 2.45) is 5.92 Å². The van der Waals surface area contributed by atoms with Crippen LogP contribution >= 0.6 is 0 Å². The van der Waals surface area contributed by atoms with Gasteiger partial charge < -0.3 is 15.2 Å². The first kappa shape index (κ1) is 18.0. The first-order valence-corrected chi connectivity index (χ1v) is 9.31. The number of hydrogen-bond donors (Lipinski definition) is 2. The Morgan fingerprint density at radius 3 is 2.54 bits per heavy atom. The summed E-state index contributed by atoms with van der Waals surface area (Å²) in [6, 6.07) is 14.7. The topological polar surface area (TPSA) is 84.2 Å². The third-order valence-corrected chi connectivity index (χ3v) is 4.86. The van der Waals surface area contributed by atoms with E-state index in [0.717, 1.165) is 23.2 Å². The second-order valence-corrected chi connectivity index (χ2v) is 7.09. The van der Waals surface area contributed by atoms with Gasteiger partial charge in [-0.3, -0.25) is 9.59 Å². The number of aryl methyl sites for hydroxylation is 1. The van der Waals surface area contributed by atoms with Gasteiger partial charge in [0.05, 0.1) is 6.20 Å². The fourth-order valence-electron chi connectivity index (χ4n) is 3.00. The molecule has 2 N–H and O–H groups in total. The maximum Gasteiger partial charge on any atom is 0.294 e. The minimum atomic E-state index is -0.352. The van der Waals surface area contributed by atoms with Crippen molar-refractivity contribution in [1.29, 1.82) is 0 Å². The van der Waals surface area contributed by atoms with Gasteiger partial charge >= 0.3 is 0 Å². The van der Waals surface area contributed by atoms with Crippen molar-refractivity contribution in [3.05, 3.63) is 71.6 Å². The van der Waals surface area contributed by atoms with E-state index in [1.165, 1.54) is 25.1 Å². The average molecular weight is 375 g/mol. The van der Waals surface area contributed by atoms with Gasteiger partial charge in [0.25, 0.3) is 11.8 Å². The molecule has 0 atom stereocenters. The molecule has 142 valence electrons. The molecule has 0 radical (unpaired) electrons. The highest BCUT2D eigenvalue weighted by Gasteiger charge is 2.21. The van der Waals surface area contributed by atoms with Crippen molar-refractivity contribution >= 4 is 17.5 Å². The Kier molecular flexibility index (Phi) is 4.93. The third kappa shape index (κ3) is 4.11. The van der Waals surface area contributed by atoms with E-state index in [-0.39, 0.29) is 17.6 Å². The number of nitrogens with one attached hydrogen (secondary N) is 2. The van der Waals surface area contributed by atoms with Crippen molar-refractivity contribution in [1.82, 2.24) is 10.5 Å². The first-order chi connectivity index (χ1) is 13.6. The highest BCUT2D eigenvalue weighted by Crippen LogP contribution is 2.28. The molecule has 6 nitrogen and oxygen atoms in total. The fourth-order valence-corrected chi connectivity index (χ4v) is 3.00. The maximum absolute atomic E-state index is 12.2. The van der Waals surface area contributed by atoms with Crippen LogP contribution in [-0.4, -0.2) is 23.5 Å². The van der Waals surface area contributed by atoms with Crippen molar-refractivity contribution in [3.63, 3.8) is 0 Å². The van der Waals surface area contributed by atoms with Crippen LogP contribution in [0.1, 0.15) is 39.3 Å². The Bertz CT molecular complexity index is 990. The second kappa shape index (κ2) is 7.68. The molecule has 1 heterocycles. The number of benzene rings is 2. The Balaban J connectivity index is 1.49. The zero-order chi connectivity index (χ0) is 19.5. The van der Waals surface area contributed by atoms with Gasteiger partial charge in [-0.15, -0.1) is 0 Å². The first-order valence-electron chi connectivity index (χ1n) is 9.31. The van der Waals surface area contributed by atoms with Gasteiger partial charge in [-0.25, -0.2) is 0 Å². The van der Waals surface area contributed by atoms with Crippen molar-refractivity contribution < 1.29 is 14.1 Å². The number of aromatic nitrogens is 1. The van der Waals surface area contributed by atoms with Gasteiger partial charge in [0.15, 0.2) is 0 Å². The molecule has 0 aliphatic heterocycles. The molecule has 1 aromatic heterocycles. The molecular weight excluding hydrogens is 354 g/mol. The Morgan fingerprint density at radius 2 is 1.86 bits per heavy atom. The van der Waals surface area contributed by atoms with Gasteiger partial charge in [-0.2, -0.15) is 0 Å². The molecule has 1 aliphatic rings. The molecule has 2 aromatic carbocycles. The SMILES string of the molecule is Cc1ccc(NC(=O)c2ccno2)cc1-c1ccc(C(=O)NCC2CC2)cc1. The molecule has 6 heteroatoms. The fraction of sp³-hybridized carbons (Fsp3) is 0.227. The molecule has 1 saturated carbocycles. The lowest BCUT2D eigenvalue weighted by Gasteiger charge is -2.11. The van der Waals surface area contributed by atoms with Crippen LogP contribution < -0.4 is 10.6 Å². The van der Waals surface area contributed by atoms with Gasteiger partial charge in [0, 0.05) is 23.9 Å². The van der Waals surface area contributed by atoms with E-state index in [1.54, 1.807) is 0 Å². The minimum Gasteiger partial charge on any atom is -0.352 e. The third-order valence-electron chi connectivity index (χ3n) is 4.86. The number of rotatable bonds is 6. The van der Waals surface area contributed by atoms with E-state index >= 15 is 0 Å². The average Bonchev–Trinajstić information content (AvgIpc) is 3.38. The summed E-state index contributed by atoms with van der Waals surface area (Å²) in [4.78, 5) is 24.4. The Morgan fingerprint density at radius 1 is 1.07 bits per heavy atom. The molecule has 0 saturated heterocycles. The summed E-state index contributed by atoms with van der Waals surface area (Å²) < 4.78 is 4.88. The lowest BCUT2D eigenvalue weighted by molar-refractivity contribution is 0.0950. The molecule has 0 spiro atoms. The molecule has 0 bridgehead atoms. The van der Waals surface area contributed by atoms with E-state index in [9.17, 15) is 9.59 Å². The van der Waals surface area contributed by atoms with Crippen LogP contribution in [0.3, 0.4) is 0 Å². The van der Waals surface area contributed by atoms with E-state index < -0.39 is 0 Å². The smallest absolute Gasteiger partial charge is 0.294 e. The minimum absolute atomic E-state index is 0.0387. The number of carbonyl (C=O) groups excluding carboxylic acids is 2. The van der Waals surface area contributed by atoms with Crippen molar-refractivity contribution in [2.45, 2.75) is 19.8 Å². The van der Waals surface area contributed by atoms with E-state index in [1.807, 2.05) is 49.4 Å². The monoisotopic (exact) mass is 375 g/mol. The summed E-state index contributed by atoms with van der Waals surface area (Å²) in [5.74, 6) is 0.419. The maximum atomic E-state index is 12.2. The van der Waals surface area contributed by atoms with Crippen LogP contribution in [0.4, 0.5) is 5.69 Å². The summed E-state index contributed by atoms with van der Waals surface area (Å²) in [5, 5.41) is 9.33. The highest BCUT2D eigenvalue weighted by molar-refractivity contribution is 6.02. The van der Waals surface area contributed by atoms with E-state index in [0.29, 0.717) is 17.2 Å². The quantitative estimate of drug-likeness (QED) is 0.681. The van der Waals surface area contributed by atoms with Gasteiger partial charge in [0.1, 0.15) is 0 Å². The Labute approximate surface area is 162 Å². The van der Waals surface area contributed by atoms with Crippen LogP contribution in [0.5, 0.6) is 0 Å². The Hall–Kier alpha value is -3.41. The van der Waals surface area contributed by atoms with Gasteiger partial charge in [-0.1, -0.05) is 23.4 Å². The molecule has 2 amide bonds. The van der Waals surface area contributed by atoms with Crippen LogP contribution in [0, 0.1) is 12.8 Å². The molecule has 4 rings (SSSR count). The van der Waals surface area contributed by atoms with Gasteiger partial charge in [0.2, 0.25) is 5.76 Å². The molecule has 0 unspecified atom stereocenters. The number of hydrogen-bond acceptors (Lipinski definition) is 4. The molecule has 28 heavy (non-hydrogen) atoms. The van der Waals surface area contributed by atoms with Crippen molar-refractivity contribution in [3.8, 4) is 11.1 Å². The zero-order valence-corrected chi connectivity index (χ0v) is 15.6. The molecule has 3 aromatic rings. The summed E-state index contributed by atoms with van der Waals surface area (Å²) in [7, 11) is 0. The molecule has 1 fully saturated rings. The van der Waals surface area contributed by atoms with Crippen LogP contribution in [0.2, 0.25) is 0 Å². The second-order valence-electron chi connectivity index (χ2n) is 7.09. The summed E-state index contributed by atoms with van der Waals surface area (Å²) in [6.45, 7) is 2.76. The van der Waals surface area contributed by atoms with Gasteiger partial charge in [-0.05, 0) is 66.6 Å². The standard InChI is InChI=1S/C22H21N3O3/c1-14-2-9-18(25-22(27)20-10-11-24-28-20)12-19(14)16-5-7-17(8-6-16)21(26)23-13-15-3-4-15/h2,5-12,15H,3-4,13H2,1H3,(H,23,26)(H,25,27). The predicted molar refractivity (Wildman–Crippen MR) is 106 cm³/mol. The lowest BCUT2D eigenvalue weighted by Crippen LogP contribution is -2.25. The zero-order valence-electron chi connectivity index (χ0n) is 15.6. The summed E-state index contributed by atoms with van der Waals surface area (Å²) in [5.41, 5.74) is 4.35. The molecule has 1 aliphatic carbocycles. The lowest BCUT2D eigenvalue weighted by atomic mass is 9.98. The van der Waals surface area contributed by atoms with E-state index in [4.69, 9.17) is 4.52 Å². The largest absolute Gasteiger partial charge is 0.352 e. The van der Waals surface area contributed by atoms with Crippen LogP contribution in [-0.2, 0) is 0 Å². The van der Waals surface area contributed by atoms with Crippen molar-refractivity contribution in [2.75, 3.05) is 11.9 Å². The number of anilines is 1. The highest BCUT2D eigenvalue weighted by atomic mass is 16.5. The van der Waals surface area contributed by atoms with Crippen LogP contribution in [0.15, 0.2) is 59.3 Å². The summed E-state index contributed by atoms with van der Waals surface area (Å²) >= 11 is 0. The number of amides is 2. The number of nitrogens with zero attached hydrogens (tertiary/aromatic N) is 1.